The van der Waals surface area contributed by atoms with Crippen molar-refractivity contribution in [2.75, 3.05) is 27.2 Å². The number of hydrogen-bond acceptors (Lipinski definition) is 3. The monoisotopic (exact) mass is 231 g/mol. The van der Waals surface area contributed by atoms with Crippen molar-refractivity contribution in [2.24, 2.45) is 0 Å². The molecule has 0 aliphatic heterocycles. The molecule has 0 aliphatic rings. The van der Waals surface area contributed by atoms with Gasteiger partial charge < -0.3 is 20.6 Å². The maximum absolute atomic E-state index is 11.3. The number of carbonyl (C=O) groups excluding carboxylic acids is 1. The summed E-state index contributed by atoms with van der Waals surface area (Å²) in [5.41, 5.74) is -1.24. The lowest BCUT2D eigenvalue weighted by Gasteiger charge is -2.21. The number of nitrogens with zero attached hydrogens (tertiary/aromatic N) is 1. The molecule has 0 spiro atoms. The first kappa shape index (κ1) is 14.7. The zero-order valence-electron chi connectivity index (χ0n) is 10.3. The van der Waals surface area contributed by atoms with E-state index in [9.17, 15) is 9.59 Å². The Bertz CT molecular complexity index is 252. The third-order valence-corrected chi connectivity index (χ3v) is 2.03. The van der Waals surface area contributed by atoms with Crippen LogP contribution in [-0.2, 0) is 4.79 Å². The number of carbonyl (C=O) groups is 2. The van der Waals surface area contributed by atoms with Gasteiger partial charge in [0.1, 0.15) is 5.54 Å². The van der Waals surface area contributed by atoms with Crippen molar-refractivity contribution in [2.45, 2.75) is 25.8 Å². The summed E-state index contributed by atoms with van der Waals surface area (Å²) in [5, 5.41) is 13.8. The molecule has 0 saturated heterocycles. The predicted octanol–water partition coefficient (Wildman–Crippen LogP) is 0.101. The summed E-state index contributed by atoms with van der Waals surface area (Å²) in [7, 11) is 3.90. The minimum Gasteiger partial charge on any atom is -0.480 e. The van der Waals surface area contributed by atoms with E-state index in [1.807, 2.05) is 19.0 Å². The first-order valence-corrected chi connectivity index (χ1v) is 5.20. The molecule has 0 atom stereocenters. The Hall–Kier alpha value is -1.30. The molecule has 0 fully saturated rings. The molecule has 0 aromatic heterocycles. The Morgan fingerprint density at radius 3 is 2.31 bits per heavy atom. The molecule has 0 unspecified atom stereocenters. The third-order valence-electron chi connectivity index (χ3n) is 2.03. The average molecular weight is 231 g/mol. The second kappa shape index (κ2) is 6.32. The van der Waals surface area contributed by atoms with Crippen LogP contribution in [0.25, 0.3) is 0 Å². The predicted molar refractivity (Wildman–Crippen MR) is 61.4 cm³/mol. The van der Waals surface area contributed by atoms with Gasteiger partial charge in [-0.1, -0.05) is 0 Å². The summed E-state index contributed by atoms with van der Waals surface area (Å²) >= 11 is 0. The summed E-state index contributed by atoms with van der Waals surface area (Å²) in [4.78, 5) is 24.0. The number of nitrogens with one attached hydrogen (secondary N) is 2. The van der Waals surface area contributed by atoms with Gasteiger partial charge in [-0.2, -0.15) is 0 Å². The second-order valence-electron chi connectivity index (χ2n) is 4.47. The van der Waals surface area contributed by atoms with Crippen molar-refractivity contribution in [1.29, 1.82) is 0 Å². The van der Waals surface area contributed by atoms with Crippen LogP contribution in [0.1, 0.15) is 20.3 Å². The number of carboxylic acids is 1. The van der Waals surface area contributed by atoms with Crippen LogP contribution in [-0.4, -0.2) is 54.7 Å². The van der Waals surface area contributed by atoms with Crippen LogP contribution in [0.4, 0.5) is 4.79 Å². The van der Waals surface area contributed by atoms with Crippen LogP contribution in [0.5, 0.6) is 0 Å². The zero-order valence-corrected chi connectivity index (χ0v) is 10.3. The van der Waals surface area contributed by atoms with Crippen molar-refractivity contribution in [3.05, 3.63) is 0 Å². The lowest BCUT2D eigenvalue weighted by Crippen LogP contribution is -2.53. The Labute approximate surface area is 96.0 Å². The molecule has 2 amide bonds. The molecule has 6 nitrogen and oxygen atoms in total. The number of aliphatic carboxylic acids is 1. The largest absolute Gasteiger partial charge is 0.480 e. The van der Waals surface area contributed by atoms with E-state index in [4.69, 9.17) is 5.11 Å². The van der Waals surface area contributed by atoms with Crippen molar-refractivity contribution >= 4 is 12.0 Å². The highest BCUT2D eigenvalue weighted by molar-refractivity contribution is 5.85. The highest BCUT2D eigenvalue weighted by Crippen LogP contribution is 2.00. The quantitative estimate of drug-likeness (QED) is 0.566. The maximum Gasteiger partial charge on any atom is 0.328 e. The molecule has 0 saturated carbocycles. The van der Waals surface area contributed by atoms with E-state index >= 15 is 0 Å². The van der Waals surface area contributed by atoms with Gasteiger partial charge in [0.15, 0.2) is 0 Å². The van der Waals surface area contributed by atoms with E-state index in [-0.39, 0.29) is 0 Å². The van der Waals surface area contributed by atoms with Gasteiger partial charge in [-0.15, -0.1) is 0 Å². The summed E-state index contributed by atoms with van der Waals surface area (Å²) in [6.45, 7) is 4.28. The molecule has 0 rings (SSSR count). The molecule has 94 valence electrons. The lowest BCUT2D eigenvalue weighted by atomic mass is 10.1. The molecular formula is C10H21N3O3. The fraction of sp³-hybridized carbons (Fsp3) is 0.800. The van der Waals surface area contributed by atoms with Crippen LogP contribution < -0.4 is 10.6 Å². The summed E-state index contributed by atoms with van der Waals surface area (Å²) in [6, 6.07) is -0.453. The molecule has 0 radical (unpaired) electrons. The zero-order chi connectivity index (χ0) is 12.8. The molecular weight excluding hydrogens is 210 g/mol. The summed E-state index contributed by atoms with van der Waals surface area (Å²) in [6.07, 6.45) is 0.827. The van der Waals surface area contributed by atoms with Crippen LogP contribution in [0.2, 0.25) is 0 Å². The minimum atomic E-state index is -1.24. The van der Waals surface area contributed by atoms with Crippen molar-refractivity contribution in [1.82, 2.24) is 15.5 Å². The summed E-state index contributed by atoms with van der Waals surface area (Å²) < 4.78 is 0. The SMILES string of the molecule is CN(C)CCCNC(=O)NC(C)(C)C(=O)O. The topological polar surface area (TPSA) is 81.7 Å². The molecule has 0 heterocycles. The Balaban J connectivity index is 3.79. The number of hydrogen-bond donors (Lipinski definition) is 3. The fourth-order valence-corrected chi connectivity index (χ4v) is 0.979. The molecule has 0 aromatic carbocycles. The van der Waals surface area contributed by atoms with Gasteiger partial charge in [-0.3, -0.25) is 0 Å². The molecule has 6 heteroatoms. The van der Waals surface area contributed by atoms with Crippen LogP contribution in [0.3, 0.4) is 0 Å². The van der Waals surface area contributed by atoms with Gasteiger partial charge in [0.05, 0.1) is 0 Å². The number of urea groups is 1. The molecule has 16 heavy (non-hydrogen) atoms. The lowest BCUT2D eigenvalue weighted by molar-refractivity contribution is -0.142. The van der Waals surface area contributed by atoms with E-state index in [1.165, 1.54) is 13.8 Å². The minimum absolute atomic E-state index is 0.453. The number of rotatable bonds is 6. The van der Waals surface area contributed by atoms with Crippen LogP contribution in [0.15, 0.2) is 0 Å². The molecule has 3 N–H and O–H groups in total. The Kier molecular flexibility index (Phi) is 5.81. The van der Waals surface area contributed by atoms with E-state index in [0.717, 1.165) is 13.0 Å². The van der Waals surface area contributed by atoms with Gasteiger partial charge in [-0.05, 0) is 40.9 Å². The second-order valence-corrected chi connectivity index (χ2v) is 4.47. The van der Waals surface area contributed by atoms with Crippen molar-refractivity contribution < 1.29 is 14.7 Å². The van der Waals surface area contributed by atoms with Gasteiger partial charge in [0.2, 0.25) is 0 Å². The van der Waals surface area contributed by atoms with Gasteiger partial charge >= 0.3 is 12.0 Å². The van der Waals surface area contributed by atoms with Crippen LogP contribution in [0, 0.1) is 0 Å². The number of amides is 2. The number of carboxylic acid groups (broad SMARTS) is 1. The van der Waals surface area contributed by atoms with Crippen molar-refractivity contribution in [3.63, 3.8) is 0 Å². The Morgan fingerprint density at radius 1 is 1.31 bits per heavy atom. The molecule has 0 bridgehead atoms. The van der Waals surface area contributed by atoms with E-state index in [0.29, 0.717) is 6.54 Å². The Morgan fingerprint density at radius 2 is 1.88 bits per heavy atom. The van der Waals surface area contributed by atoms with Gasteiger partial charge in [-0.25, -0.2) is 9.59 Å². The van der Waals surface area contributed by atoms with Crippen LogP contribution >= 0.6 is 0 Å². The van der Waals surface area contributed by atoms with E-state index in [1.54, 1.807) is 0 Å². The highest BCUT2D eigenvalue weighted by Gasteiger charge is 2.28. The highest BCUT2D eigenvalue weighted by atomic mass is 16.4. The summed E-state index contributed by atoms with van der Waals surface area (Å²) in [5.74, 6) is -1.06. The standard InChI is InChI=1S/C10H21N3O3/c1-10(2,8(14)15)12-9(16)11-6-5-7-13(3)4/h5-7H2,1-4H3,(H,14,15)(H2,11,12,16). The molecule has 0 aromatic rings. The fourth-order valence-electron chi connectivity index (χ4n) is 0.979. The average Bonchev–Trinajstić information content (AvgIpc) is 2.11. The first-order valence-electron chi connectivity index (χ1n) is 5.20. The molecule has 0 aliphatic carbocycles. The van der Waals surface area contributed by atoms with Gasteiger partial charge in [0.25, 0.3) is 0 Å². The first-order chi connectivity index (χ1) is 7.25. The normalized spacial score (nSPS) is 11.3. The van der Waals surface area contributed by atoms with E-state index in [2.05, 4.69) is 10.6 Å². The smallest absolute Gasteiger partial charge is 0.328 e. The van der Waals surface area contributed by atoms with Crippen molar-refractivity contribution in [3.8, 4) is 0 Å². The third kappa shape index (κ3) is 6.23. The van der Waals surface area contributed by atoms with E-state index < -0.39 is 17.5 Å². The maximum atomic E-state index is 11.3. The van der Waals surface area contributed by atoms with Gasteiger partial charge in [0, 0.05) is 6.54 Å².